The first-order chi connectivity index (χ1) is 6.00. The topological polar surface area (TPSA) is 0 Å². The van der Waals surface area contributed by atoms with Gasteiger partial charge in [-0.1, -0.05) is 36.5 Å². The quantitative estimate of drug-likeness (QED) is 0.506. The van der Waals surface area contributed by atoms with Gasteiger partial charge in [-0.25, -0.2) is 0 Å². The van der Waals surface area contributed by atoms with Crippen LogP contribution in [0.3, 0.4) is 0 Å². The van der Waals surface area contributed by atoms with Crippen LogP contribution in [0.5, 0.6) is 0 Å². The molecule has 0 aliphatic heterocycles. The fourth-order valence-electron chi connectivity index (χ4n) is 1.22. The van der Waals surface area contributed by atoms with Gasteiger partial charge in [0.2, 0.25) is 0 Å². The second-order valence-corrected chi connectivity index (χ2v) is 3.04. The van der Waals surface area contributed by atoms with Gasteiger partial charge in [0.25, 0.3) is 0 Å². The van der Waals surface area contributed by atoms with Crippen molar-refractivity contribution in [2.75, 3.05) is 0 Å². The average molecular weight is 161 g/mol. The van der Waals surface area contributed by atoms with E-state index < -0.39 is 0 Å². The van der Waals surface area contributed by atoms with E-state index in [1.165, 1.54) is 32.1 Å². The third kappa shape index (κ3) is 4.95. The summed E-state index contributed by atoms with van der Waals surface area (Å²) >= 11 is 0. The molecule has 0 bridgehead atoms. The maximum Gasteiger partial charge on any atom is -0.0345 e. The van der Waals surface area contributed by atoms with Crippen molar-refractivity contribution in [3.05, 3.63) is 42.9 Å². The van der Waals surface area contributed by atoms with E-state index in [9.17, 15) is 0 Å². The largest absolute Gasteiger partial charge is 0.0845 e. The Kier molecular flexibility index (Phi) is 5.35. The van der Waals surface area contributed by atoms with E-state index >= 15 is 0 Å². The van der Waals surface area contributed by atoms with Crippen LogP contribution in [-0.4, -0.2) is 0 Å². The zero-order chi connectivity index (χ0) is 8.49. The average Bonchev–Trinajstić information content (AvgIpc) is 2.05. The fourth-order valence-corrected chi connectivity index (χ4v) is 1.22. The normalized spacial score (nSPS) is 20.0. The standard InChI is InChI=1S/C12H17/c1-2-4-6-8-10-12-11-9-7-5-3-1/h1-6,11H,7-10,12H2. The molecule has 0 heteroatoms. The predicted molar refractivity (Wildman–Crippen MR) is 54.8 cm³/mol. The number of allylic oxidation sites excluding steroid dienone is 6. The van der Waals surface area contributed by atoms with Gasteiger partial charge < -0.3 is 0 Å². The van der Waals surface area contributed by atoms with Gasteiger partial charge in [0.05, 0.1) is 0 Å². The first-order valence-corrected chi connectivity index (χ1v) is 4.80. The minimum Gasteiger partial charge on any atom is -0.0845 e. The molecule has 65 valence electrons. The Morgan fingerprint density at radius 2 is 1.33 bits per heavy atom. The van der Waals surface area contributed by atoms with Gasteiger partial charge in [0.1, 0.15) is 0 Å². The lowest BCUT2D eigenvalue weighted by atomic mass is 10.1. The lowest BCUT2D eigenvalue weighted by Gasteiger charge is -1.96. The van der Waals surface area contributed by atoms with E-state index in [0.717, 1.165) is 0 Å². The zero-order valence-electron chi connectivity index (χ0n) is 7.58. The van der Waals surface area contributed by atoms with Gasteiger partial charge in [0, 0.05) is 0 Å². The first kappa shape index (κ1) is 9.31. The molecule has 0 aromatic rings. The van der Waals surface area contributed by atoms with Gasteiger partial charge in [-0.15, -0.1) is 0 Å². The van der Waals surface area contributed by atoms with Crippen molar-refractivity contribution >= 4 is 0 Å². The van der Waals surface area contributed by atoms with E-state index in [1.54, 1.807) is 0 Å². The molecular weight excluding hydrogens is 144 g/mol. The summed E-state index contributed by atoms with van der Waals surface area (Å²) < 4.78 is 0. The van der Waals surface area contributed by atoms with Crippen LogP contribution >= 0.6 is 0 Å². The molecule has 12 heavy (non-hydrogen) atoms. The minimum atomic E-state index is 1.19. The Labute approximate surface area is 75.7 Å². The molecule has 0 saturated carbocycles. The molecule has 0 nitrogen and oxygen atoms in total. The molecule has 1 aliphatic carbocycles. The summed E-state index contributed by atoms with van der Waals surface area (Å²) in [6, 6.07) is 0. The zero-order valence-corrected chi connectivity index (χ0v) is 7.58. The van der Waals surface area contributed by atoms with Gasteiger partial charge in [-0.2, -0.15) is 0 Å². The molecule has 0 heterocycles. The van der Waals surface area contributed by atoms with Crippen LogP contribution in [0.4, 0.5) is 0 Å². The van der Waals surface area contributed by atoms with Crippen molar-refractivity contribution in [3.63, 3.8) is 0 Å². The predicted octanol–water partition coefficient (Wildman–Crippen LogP) is 3.82. The van der Waals surface area contributed by atoms with E-state index in [-0.39, 0.29) is 0 Å². The van der Waals surface area contributed by atoms with Crippen molar-refractivity contribution in [2.24, 2.45) is 0 Å². The number of hydrogen-bond acceptors (Lipinski definition) is 0. The summed E-state index contributed by atoms with van der Waals surface area (Å²) in [5, 5.41) is 0. The first-order valence-electron chi connectivity index (χ1n) is 4.80. The third-order valence-electron chi connectivity index (χ3n) is 1.92. The highest BCUT2D eigenvalue weighted by Gasteiger charge is 1.87. The summed E-state index contributed by atoms with van der Waals surface area (Å²) in [7, 11) is 0. The summed E-state index contributed by atoms with van der Waals surface area (Å²) in [6.07, 6.45) is 21.5. The summed E-state index contributed by atoms with van der Waals surface area (Å²) in [5.41, 5.74) is 0. The Morgan fingerprint density at radius 1 is 0.583 bits per heavy atom. The van der Waals surface area contributed by atoms with E-state index in [2.05, 4.69) is 42.9 Å². The molecule has 0 amide bonds. The van der Waals surface area contributed by atoms with Crippen LogP contribution in [0.15, 0.2) is 36.5 Å². The van der Waals surface area contributed by atoms with E-state index in [0.29, 0.717) is 0 Å². The van der Waals surface area contributed by atoms with Crippen LogP contribution < -0.4 is 0 Å². The molecule has 0 aromatic carbocycles. The molecule has 1 rings (SSSR count). The lowest BCUT2D eigenvalue weighted by molar-refractivity contribution is 0.779. The SMILES string of the molecule is [CH]1CCC=CC=CC=CCCC1. The molecule has 1 radical (unpaired) electrons. The molecule has 0 aromatic heterocycles. The highest BCUT2D eigenvalue weighted by atomic mass is 13.9. The molecule has 0 fully saturated rings. The Balaban J connectivity index is 2.32. The fraction of sp³-hybridized carbons (Fsp3) is 0.417. The Morgan fingerprint density at radius 3 is 2.17 bits per heavy atom. The van der Waals surface area contributed by atoms with Crippen molar-refractivity contribution in [1.82, 2.24) is 0 Å². The Bertz CT molecular complexity index is 152. The van der Waals surface area contributed by atoms with Crippen molar-refractivity contribution in [2.45, 2.75) is 32.1 Å². The summed E-state index contributed by atoms with van der Waals surface area (Å²) in [4.78, 5) is 0. The Hall–Kier alpha value is -0.780. The van der Waals surface area contributed by atoms with Crippen molar-refractivity contribution in [3.8, 4) is 0 Å². The molecule has 0 atom stereocenters. The minimum absolute atomic E-state index is 1.19. The number of rotatable bonds is 0. The molecule has 0 saturated heterocycles. The van der Waals surface area contributed by atoms with Gasteiger partial charge in [0.15, 0.2) is 0 Å². The molecule has 0 spiro atoms. The second kappa shape index (κ2) is 6.90. The number of hydrogen-bond donors (Lipinski definition) is 0. The summed E-state index contributed by atoms with van der Waals surface area (Å²) in [6.45, 7) is 0. The monoisotopic (exact) mass is 161 g/mol. The maximum atomic E-state index is 2.39. The third-order valence-corrected chi connectivity index (χ3v) is 1.92. The van der Waals surface area contributed by atoms with Crippen LogP contribution in [0.1, 0.15) is 32.1 Å². The molecule has 0 unspecified atom stereocenters. The molecule has 1 aliphatic rings. The van der Waals surface area contributed by atoms with Crippen LogP contribution in [0.25, 0.3) is 0 Å². The summed E-state index contributed by atoms with van der Waals surface area (Å²) in [5.74, 6) is 0. The van der Waals surface area contributed by atoms with E-state index in [1.807, 2.05) is 0 Å². The van der Waals surface area contributed by atoms with Crippen molar-refractivity contribution in [1.29, 1.82) is 0 Å². The van der Waals surface area contributed by atoms with Gasteiger partial charge >= 0.3 is 0 Å². The second-order valence-electron chi connectivity index (χ2n) is 3.04. The molecular formula is C12H17. The van der Waals surface area contributed by atoms with Gasteiger partial charge in [-0.3, -0.25) is 0 Å². The van der Waals surface area contributed by atoms with E-state index in [4.69, 9.17) is 0 Å². The highest BCUT2D eigenvalue weighted by molar-refractivity contribution is 5.11. The highest BCUT2D eigenvalue weighted by Crippen LogP contribution is 2.06. The van der Waals surface area contributed by atoms with Crippen molar-refractivity contribution < 1.29 is 0 Å². The molecule has 0 N–H and O–H groups in total. The smallest absolute Gasteiger partial charge is 0.0345 e. The van der Waals surface area contributed by atoms with Crippen LogP contribution in [-0.2, 0) is 0 Å². The van der Waals surface area contributed by atoms with Crippen LogP contribution in [0.2, 0.25) is 0 Å². The maximum absolute atomic E-state index is 2.39. The van der Waals surface area contributed by atoms with Gasteiger partial charge in [-0.05, 0) is 38.5 Å². The van der Waals surface area contributed by atoms with Crippen LogP contribution in [0, 0.1) is 6.42 Å². The lowest BCUT2D eigenvalue weighted by Crippen LogP contribution is -1.78.